The number of carbonyl (C=O) groups is 1. The molecule has 1 unspecified atom stereocenters. The van der Waals surface area contributed by atoms with Gasteiger partial charge in [-0.25, -0.2) is 8.42 Å². The molecule has 3 rings (SSSR count). The predicted molar refractivity (Wildman–Crippen MR) is 128 cm³/mol. The molecular weight excluding hydrogens is 440 g/mol. The van der Waals surface area contributed by atoms with Crippen LogP contribution in [-0.2, 0) is 10.0 Å². The van der Waals surface area contributed by atoms with Gasteiger partial charge in [-0.3, -0.25) is 9.52 Å². The summed E-state index contributed by atoms with van der Waals surface area (Å²) in [5.41, 5.74) is 1.52. The first-order chi connectivity index (χ1) is 15.7. The van der Waals surface area contributed by atoms with Gasteiger partial charge in [0.1, 0.15) is 11.5 Å². The minimum absolute atomic E-state index is 0.00838. The molecule has 0 spiro atoms. The minimum Gasteiger partial charge on any atom is -0.497 e. The maximum Gasteiger partial charge on any atom is 0.261 e. The molecule has 0 fully saturated rings. The van der Waals surface area contributed by atoms with Crippen LogP contribution in [0, 0.1) is 0 Å². The van der Waals surface area contributed by atoms with Crippen molar-refractivity contribution in [2.75, 3.05) is 11.8 Å². The van der Waals surface area contributed by atoms with E-state index in [9.17, 15) is 13.2 Å². The van der Waals surface area contributed by atoms with Gasteiger partial charge in [-0.1, -0.05) is 18.2 Å². The number of methoxy groups -OCH3 is 1. The molecule has 8 heteroatoms. The average Bonchev–Trinajstić information content (AvgIpc) is 2.79. The van der Waals surface area contributed by atoms with E-state index in [4.69, 9.17) is 9.47 Å². The van der Waals surface area contributed by atoms with Gasteiger partial charge in [-0.2, -0.15) is 0 Å². The number of hydrogen-bond donors (Lipinski definition) is 2. The van der Waals surface area contributed by atoms with Crippen LogP contribution in [-0.4, -0.2) is 27.5 Å². The van der Waals surface area contributed by atoms with Crippen LogP contribution in [0.5, 0.6) is 11.5 Å². The maximum atomic E-state index is 12.8. The average molecular weight is 469 g/mol. The van der Waals surface area contributed by atoms with Gasteiger partial charge in [-0.05, 0) is 80.9 Å². The molecular formula is C25H28N2O5S. The molecule has 0 aliphatic carbocycles. The van der Waals surface area contributed by atoms with E-state index in [1.807, 2.05) is 45.0 Å². The van der Waals surface area contributed by atoms with Crippen LogP contribution in [0.15, 0.2) is 77.7 Å². The van der Waals surface area contributed by atoms with Crippen molar-refractivity contribution >= 4 is 21.6 Å². The van der Waals surface area contributed by atoms with Crippen molar-refractivity contribution in [2.24, 2.45) is 0 Å². The molecule has 0 aliphatic rings. The fourth-order valence-electron chi connectivity index (χ4n) is 3.17. The zero-order valence-corrected chi connectivity index (χ0v) is 19.8. The van der Waals surface area contributed by atoms with Gasteiger partial charge >= 0.3 is 0 Å². The number of rotatable bonds is 9. The molecule has 0 heterocycles. The third kappa shape index (κ3) is 6.49. The first-order valence-electron chi connectivity index (χ1n) is 10.5. The highest BCUT2D eigenvalue weighted by Gasteiger charge is 2.18. The Bertz CT molecular complexity index is 1210. The molecule has 2 N–H and O–H groups in total. The standard InChI is InChI=1S/C25H28N2O5S/c1-17(2)32-23-9-5-7-19(15-23)18(3)26-25(28)20-8-6-10-24(16-20)33(29,30)27-21-11-13-22(31-4)14-12-21/h5-18,27H,1-4H3,(H,26,28). The number of hydrogen-bond acceptors (Lipinski definition) is 5. The highest BCUT2D eigenvalue weighted by molar-refractivity contribution is 7.92. The van der Waals surface area contributed by atoms with E-state index < -0.39 is 10.0 Å². The smallest absolute Gasteiger partial charge is 0.261 e. The lowest BCUT2D eigenvalue weighted by Crippen LogP contribution is -2.27. The third-order valence-electron chi connectivity index (χ3n) is 4.83. The summed E-state index contributed by atoms with van der Waals surface area (Å²) >= 11 is 0. The summed E-state index contributed by atoms with van der Waals surface area (Å²) in [5.74, 6) is 0.965. The van der Waals surface area contributed by atoms with Crippen molar-refractivity contribution in [3.05, 3.63) is 83.9 Å². The SMILES string of the molecule is COc1ccc(NS(=O)(=O)c2cccc(C(=O)NC(C)c3cccc(OC(C)C)c3)c2)cc1. The number of sulfonamides is 1. The first-order valence-corrected chi connectivity index (χ1v) is 12.0. The largest absolute Gasteiger partial charge is 0.497 e. The molecule has 1 atom stereocenters. The van der Waals surface area contributed by atoms with E-state index >= 15 is 0 Å². The monoisotopic (exact) mass is 468 g/mol. The van der Waals surface area contributed by atoms with E-state index in [0.29, 0.717) is 11.4 Å². The number of benzene rings is 3. The lowest BCUT2D eigenvalue weighted by Gasteiger charge is -2.17. The Morgan fingerprint density at radius 1 is 0.879 bits per heavy atom. The Morgan fingerprint density at radius 2 is 1.58 bits per heavy atom. The van der Waals surface area contributed by atoms with E-state index in [0.717, 1.165) is 11.3 Å². The van der Waals surface area contributed by atoms with Gasteiger partial charge in [-0.15, -0.1) is 0 Å². The summed E-state index contributed by atoms with van der Waals surface area (Å²) in [7, 11) is -2.34. The van der Waals surface area contributed by atoms with E-state index in [2.05, 4.69) is 10.0 Å². The number of carbonyl (C=O) groups excluding carboxylic acids is 1. The summed E-state index contributed by atoms with van der Waals surface area (Å²) in [4.78, 5) is 12.8. The van der Waals surface area contributed by atoms with Crippen molar-refractivity contribution in [2.45, 2.75) is 37.8 Å². The van der Waals surface area contributed by atoms with Crippen molar-refractivity contribution < 1.29 is 22.7 Å². The third-order valence-corrected chi connectivity index (χ3v) is 6.21. The van der Waals surface area contributed by atoms with E-state index in [1.54, 1.807) is 36.4 Å². The lowest BCUT2D eigenvalue weighted by atomic mass is 10.1. The fraction of sp³-hybridized carbons (Fsp3) is 0.240. The van der Waals surface area contributed by atoms with Gasteiger partial charge in [0.15, 0.2) is 0 Å². The van der Waals surface area contributed by atoms with Crippen LogP contribution in [0.3, 0.4) is 0 Å². The lowest BCUT2D eigenvalue weighted by molar-refractivity contribution is 0.0939. The molecule has 1 amide bonds. The molecule has 0 bridgehead atoms. The second-order valence-electron chi connectivity index (χ2n) is 7.80. The van der Waals surface area contributed by atoms with E-state index in [1.165, 1.54) is 19.2 Å². The van der Waals surface area contributed by atoms with Crippen LogP contribution in [0.25, 0.3) is 0 Å². The van der Waals surface area contributed by atoms with Gasteiger partial charge in [0.2, 0.25) is 0 Å². The Labute approximate surface area is 194 Å². The topological polar surface area (TPSA) is 93.7 Å². The number of nitrogens with one attached hydrogen (secondary N) is 2. The van der Waals surface area contributed by atoms with E-state index in [-0.39, 0.29) is 28.5 Å². The molecule has 3 aromatic carbocycles. The highest BCUT2D eigenvalue weighted by atomic mass is 32.2. The van der Waals surface area contributed by atoms with Crippen molar-refractivity contribution in [1.82, 2.24) is 5.32 Å². The zero-order valence-electron chi connectivity index (χ0n) is 19.0. The van der Waals surface area contributed by atoms with Crippen LogP contribution in [0.1, 0.15) is 42.7 Å². The number of ether oxygens (including phenoxy) is 2. The van der Waals surface area contributed by atoms with Crippen LogP contribution in [0.4, 0.5) is 5.69 Å². The molecule has 174 valence electrons. The summed E-state index contributed by atoms with van der Waals surface area (Å²) in [6, 6.07) is 19.6. The summed E-state index contributed by atoms with van der Waals surface area (Å²) in [6.07, 6.45) is 0.0429. The molecule has 3 aromatic rings. The van der Waals surface area contributed by atoms with Crippen molar-refractivity contribution in [1.29, 1.82) is 0 Å². The molecule has 33 heavy (non-hydrogen) atoms. The maximum absolute atomic E-state index is 12.8. The summed E-state index contributed by atoms with van der Waals surface area (Å²) in [6.45, 7) is 5.75. The van der Waals surface area contributed by atoms with Crippen LogP contribution < -0.4 is 19.5 Å². The van der Waals surface area contributed by atoms with Gasteiger partial charge in [0.25, 0.3) is 15.9 Å². The molecule has 0 aromatic heterocycles. The van der Waals surface area contributed by atoms with Gasteiger partial charge < -0.3 is 14.8 Å². The van der Waals surface area contributed by atoms with Crippen LogP contribution in [0.2, 0.25) is 0 Å². The summed E-state index contributed by atoms with van der Waals surface area (Å²) < 4.78 is 38.9. The summed E-state index contributed by atoms with van der Waals surface area (Å²) in [5, 5.41) is 2.91. The fourth-order valence-corrected chi connectivity index (χ4v) is 4.27. The zero-order chi connectivity index (χ0) is 24.0. The Balaban J connectivity index is 1.73. The van der Waals surface area contributed by atoms with Crippen molar-refractivity contribution in [3.63, 3.8) is 0 Å². The van der Waals surface area contributed by atoms with Gasteiger partial charge in [0.05, 0.1) is 24.2 Å². The minimum atomic E-state index is -3.87. The van der Waals surface area contributed by atoms with Gasteiger partial charge in [0, 0.05) is 11.3 Å². The van der Waals surface area contributed by atoms with Crippen LogP contribution >= 0.6 is 0 Å². The first kappa shape index (κ1) is 24.1. The molecule has 0 radical (unpaired) electrons. The number of amides is 1. The quantitative estimate of drug-likeness (QED) is 0.472. The molecule has 7 nitrogen and oxygen atoms in total. The second kappa shape index (κ2) is 10.4. The second-order valence-corrected chi connectivity index (χ2v) is 9.48. The molecule has 0 saturated carbocycles. The Morgan fingerprint density at radius 3 is 2.24 bits per heavy atom. The van der Waals surface area contributed by atoms with Crippen molar-refractivity contribution in [3.8, 4) is 11.5 Å². The predicted octanol–water partition coefficient (Wildman–Crippen LogP) is 4.77. The number of anilines is 1. The Kier molecular flexibility index (Phi) is 7.60. The molecule has 0 saturated heterocycles. The highest BCUT2D eigenvalue weighted by Crippen LogP contribution is 2.22. The Hall–Kier alpha value is -3.52. The molecule has 0 aliphatic heterocycles. The normalized spacial score (nSPS) is 12.2.